The Balaban J connectivity index is 1.32. The van der Waals surface area contributed by atoms with Gasteiger partial charge in [0.15, 0.2) is 0 Å². The molecular weight excluding hydrogens is 412 g/mol. The van der Waals surface area contributed by atoms with Crippen molar-refractivity contribution in [2.75, 3.05) is 39.8 Å². The number of rotatable bonds is 6. The first kappa shape index (κ1) is 20.0. The van der Waals surface area contributed by atoms with Gasteiger partial charge in [0, 0.05) is 54.6 Å². The third-order valence-corrected chi connectivity index (χ3v) is 6.58. The number of aromatic nitrogens is 1. The zero-order chi connectivity index (χ0) is 19.3. The molecule has 0 spiro atoms. The highest BCUT2D eigenvalue weighted by Crippen LogP contribution is 2.30. The molecule has 2 heterocycles. The molecule has 1 saturated heterocycles. The Kier molecular flexibility index (Phi) is 6.78. The number of piperazine rings is 1. The summed E-state index contributed by atoms with van der Waals surface area (Å²) in [6, 6.07) is 14.2. The van der Waals surface area contributed by atoms with Crippen LogP contribution < -0.4 is 5.32 Å². The second-order valence-corrected chi connectivity index (χ2v) is 9.08. The second-order valence-electron chi connectivity index (χ2n) is 8.17. The SMILES string of the molecule is CN1CCN(CCCNC2CCCc3ncc(Br)cc32)C(c2ccccc2)C1. The summed E-state index contributed by atoms with van der Waals surface area (Å²) in [5.74, 6) is 0. The van der Waals surface area contributed by atoms with Crippen molar-refractivity contribution in [2.24, 2.45) is 0 Å². The van der Waals surface area contributed by atoms with E-state index in [-0.39, 0.29) is 0 Å². The summed E-state index contributed by atoms with van der Waals surface area (Å²) in [6.45, 7) is 5.64. The maximum Gasteiger partial charge on any atom is 0.0475 e. The van der Waals surface area contributed by atoms with Crippen LogP contribution in [0.1, 0.15) is 48.2 Å². The van der Waals surface area contributed by atoms with E-state index < -0.39 is 0 Å². The topological polar surface area (TPSA) is 31.4 Å². The minimum atomic E-state index is 0.450. The fraction of sp³-hybridized carbons (Fsp3) is 0.522. The van der Waals surface area contributed by atoms with Gasteiger partial charge in [0.2, 0.25) is 0 Å². The van der Waals surface area contributed by atoms with E-state index in [2.05, 4.69) is 79.5 Å². The molecule has 1 aromatic heterocycles. The zero-order valence-corrected chi connectivity index (χ0v) is 18.4. The quantitative estimate of drug-likeness (QED) is 0.679. The largest absolute Gasteiger partial charge is 0.310 e. The number of halogens is 1. The van der Waals surface area contributed by atoms with Crippen LogP contribution >= 0.6 is 15.9 Å². The third kappa shape index (κ3) is 4.82. The molecule has 150 valence electrons. The van der Waals surface area contributed by atoms with E-state index in [1.165, 1.54) is 36.1 Å². The number of hydrogen-bond donors (Lipinski definition) is 1. The molecule has 1 N–H and O–H groups in total. The van der Waals surface area contributed by atoms with Crippen LogP contribution in [0, 0.1) is 0 Å². The molecule has 5 heteroatoms. The molecule has 1 aliphatic carbocycles. The van der Waals surface area contributed by atoms with Crippen LogP contribution in [-0.4, -0.2) is 54.6 Å². The van der Waals surface area contributed by atoms with Crippen LogP contribution in [0.2, 0.25) is 0 Å². The van der Waals surface area contributed by atoms with Gasteiger partial charge in [0.1, 0.15) is 0 Å². The summed E-state index contributed by atoms with van der Waals surface area (Å²) in [7, 11) is 2.24. The molecule has 2 aliphatic rings. The second kappa shape index (κ2) is 9.49. The molecule has 2 atom stereocenters. The number of pyridine rings is 1. The molecule has 28 heavy (non-hydrogen) atoms. The lowest BCUT2D eigenvalue weighted by Crippen LogP contribution is -2.47. The Morgan fingerprint density at radius 2 is 2.07 bits per heavy atom. The minimum Gasteiger partial charge on any atom is -0.310 e. The monoisotopic (exact) mass is 442 g/mol. The summed E-state index contributed by atoms with van der Waals surface area (Å²) >= 11 is 3.58. The Labute approximate surface area is 177 Å². The predicted octanol–water partition coefficient (Wildman–Crippen LogP) is 4.19. The first-order valence-electron chi connectivity index (χ1n) is 10.6. The van der Waals surface area contributed by atoms with Gasteiger partial charge in [-0.05, 0) is 72.4 Å². The summed E-state index contributed by atoms with van der Waals surface area (Å²) < 4.78 is 1.09. The van der Waals surface area contributed by atoms with Crippen molar-refractivity contribution in [1.29, 1.82) is 0 Å². The Morgan fingerprint density at radius 1 is 1.21 bits per heavy atom. The fourth-order valence-corrected chi connectivity index (χ4v) is 4.96. The van der Waals surface area contributed by atoms with Gasteiger partial charge in [0.25, 0.3) is 0 Å². The van der Waals surface area contributed by atoms with Crippen LogP contribution in [0.3, 0.4) is 0 Å². The summed E-state index contributed by atoms with van der Waals surface area (Å²) in [5, 5.41) is 3.81. The predicted molar refractivity (Wildman–Crippen MR) is 118 cm³/mol. The van der Waals surface area contributed by atoms with E-state index in [4.69, 9.17) is 0 Å². The average molecular weight is 443 g/mol. The maximum absolute atomic E-state index is 4.62. The molecule has 4 nitrogen and oxygen atoms in total. The van der Waals surface area contributed by atoms with Crippen molar-refractivity contribution >= 4 is 15.9 Å². The molecule has 0 amide bonds. The average Bonchev–Trinajstić information content (AvgIpc) is 2.73. The number of nitrogens with one attached hydrogen (secondary N) is 1. The van der Waals surface area contributed by atoms with Gasteiger partial charge in [-0.25, -0.2) is 0 Å². The normalized spacial score (nSPS) is 23.5. The number of likely N-dealkylation sites (N-methyl/N-ethyl adjacent to an activating group) is 1. The van der Waals surface area contributed by atoms with Crippen molar-refractivity contribution in [3.8, 4) is 0 Å². The standard InChI is InChI=1S/C23H31BrN4/c1-27-13-14-28(23(17-27)18-7-3-2-4-8-18)12-6-11-25-21-9-5-10-22-20(21)15-19(24)16-26-22/h2-4,7-8,15-16,21,23,25H,5-6,9-14,17H2,1H3. The van der Waals surface area contributed by atoms with Crippen LogP contribution in [0.25, 0.3) is 0 Å². The number of benzene rings is 1. The van der Waals surface area contributed by atoms with Crippen molar-refractivity contribution in [3.05, 3.63) is 63.9 Å². The van der Waals surface area contributed by atoms with E-state index in [0.29, 0.717) is 12.1 Å². The first-order chi connectivity index (χ1) is 13.7. The van der Waals surface area contributed by atoms with Crippen molar-refractivity contribution < 1.29 is 0 Å². The van der Waals surface area contributed by atoms with E-state index in [1.807, 2.05) is 6.20 Å². The van der Waals surface area contributed by atoms with E-state index >= 15 is 0 Å². The maximum atomic E-state index is 4.62. The number of fused-ring (bicyclic) bond motifs is 1. The van der Waals surface area contributed by atoms with Gasteiger partial charge >= 0.3 is 0 Å². The lowest BCUT2D eigenvalue weighted by atomic mass is 9.91. The Hall–Kier alpha value is -1.27. The molecular formula is C23H31BrN4. The van der Waals surface area contributed by atoms with Crippen LogP contribution in [0.5, 0.6) is 0 Å². The van der Waals surface area contributed by atoms with Gasteiger partial charge < -0.3 is 10.2 Å². The highest BCUT2D eigenvalue weighted by atomic mass is 79.9. The van der Waals surface area contributed by atoms with Gasteiger partial charge in [-0.15, -0.1) is 0 Å². The van der Waals surface area contributed by atoms with Gasteiger partial charge in [-0.3, -0.25) is 9.88 Å². The number of aryl methyl sites for hydroxylation is 1. The van der Waals surface area contributed by atoms with Crippen LogP contribution in [-0.2, 0) is 6.42 Å². The molecule has 4 rings (SSSR count). The number of nitrogens with zero attached hydrogens (tertiary/aromatic N) is 3. The van der Waals surface area contributed by atoms with Gasteiger partial charge in [-0.2, -0.15) is 0 Å². The van der Waals surface area contributed by atoms with E-state index in [9.17, 15) is 0 Å². The molecule has 0 bridgehead atoms. The van der Waals surface area contributed by atoms with Gasteiger partial charge in [0.05, 0.1) is 0 Å². The minimum absolute atomic E-state index is 0.450. The molecule has 1 aliphatic heterocycles. The highest BCUT2D eigenvalue weighted by Gasteiger charge is 2.26. The lowest BCUT2D eigenvalue weighted by Gasteiger charge is -2.40. The van der Waals surface area contributed by atoms with Gasteiger partial charge in [-0.1, -0.05) is 30.3 Å². The van der Waals surface area contributed by atoms with E-state index in [0.717, 1.165) is 43.6 Å². The lowest BCUT2D eigenvalue weighted by molar-refractivity contribution is 0.0885. The molecule has 2 aromatic rings. The molecule has 1 fully saturated rings. The number of hydrogen-bond acceptors (Lipinski definition) is 4. The zero-order valence-electron chi connectivity index (χ0n) is 16.8. The van der Waals surface area contributed by atoms with E-state index in [1.54, 1.807) is 0 Å². The molecule has 0 saturated carbocycles. The van der Waals surface area contributed by atoms with Crippen molar-refractivity contribution in [2.45, 2.75) is 37.8 Å². The first-order valence-corrected chi connectivity index (χ1v) is 11.4. The van der Waals surface area contributed by atoms with Crippen molar-refractivity contribution in [3.63, 3.8) is 0 Å². The van der Waals surface area contributed by atoms with Crippen LogP contribution in [0.15, 0.2) is 47.1 Å². The Morgan fingerprint density at radius 3 is 2.93 bits per heavy atom. The summed E-state index contributed by atoms with van der Waals surface area (Å²) in [6.07, 6.45) is 6.67. The molecule has 0 radical (unpaired) electrons. The molecule has 1 aromatic carbocycles. The van der Waals surface area contributed by atoms with Crippen LogP contribution in [0.4, 0.5) is 0 Å². The summed E-state index contributed by atoms with van der Waals surface area (Å²) in [4.78, 5) is 9.75. The summed E-state index contributed by atoms with van der Waals surface area (Å²) in [5.41, 5.74) is 4.11. The van der Waals surface area contributed by atoms with Crippen molar-refractivity contribution in [1.82, 2.24) is 20.1 Å². The Bertz CT molecular complexity index is 766. The third-order valence-electron chi connectivity index (χ3n) is 6.14. The smallest absolute Gasteiger partial charge is 0.0475 e. The molecule has 2 unspecified atom stereocenters. The fourth-order valence-electron chi connectivity index (χ4n) is 4.61. The highest BCUT2D eigenvalue weighted by molar-refractivity contribution is 9.10.